The lowest BCUT2D eigenvalue weighted by Crippen LogP contribution is -2.36. The van der Waals surface area contributed by atoms with Crippen LogP contribution in [-0.4, -0.2) is 31.0 Å². The van der Waals surface area contributed by atoms with Crippen LogP contribution in [0.25, 0.3) is 11.1 Å². The first kappa shape index (κ1) is 20.0. The molecule has 0 aliphatic heterocycles. The van der Waals surface area contributed by atoms with Crippen LogP contribution in [0.4, 0.5) is 11.4 Å². The minimum atomic E-state index is -4.39. The monoisotopic (exact) mass is 412 g/mol. The van der Waals surface area contributed by atoms with Crippen molar-refractivity contribution in [1.82, 2.24) is 0 Å². The number of hydrogen-bond acceptors (Lipinski definition) is 5. The largest absolute Gasteiger partial charge is 0.480 e. The number of nitro groups is 1. The summed E-state index contributed by atoms with van der Waals surface area (Å²) in [6.45, 7) is -0.838. The fourth-order valence-electron chi connectivity index (χ4n) is 2.86. The maximum Gasteiger partial charge on any atom is 0.324 e. The molecule has 0 atom stereocenters. The molecule has 0 aliphatic carbocycles. The Hall–Kier alpha value is -3.72. The lowest BCUT2D eigenvalue weighted by atomic mass is 10.0. The van der Waals surface area contributed by atoms with Crippen molar-refractivity contribution in [2.75, 3.05) is 10.8 Å². The van der Waals surface area contributed by atoms with Gasteiger partial charge >= 0.3 is 5.97 Å². The number of carboxylic acid groups (broad SMARTS) is 1. The van der Waals surface area contributed by atoms with Gasteiger partial charge in [0.05, 0.1) is 15.5 Å². The quantitative estimate of drug-likeness (QED) is 0.468. The third-order valence-corrected chi connectivity index (χ3v) is 5.91. The number of para-hydroxylation sites is 1. The topological polar surface area (TPSA) is 118 Å². The van der Waals surface area contributed by atoms with E-state index in [2.05, 4.69) is 0 Å². The fraction of sp³-hybridized carbons (Fsp3) is 0.0500. The number of rotatable bonds is 7. The Kier molecular flexibility index (Phi) is 5.60. The van der Waals surface area contributed by atoms with Gasteiger partial charge in [-0.2, -0.15) is 0 Å². The van der Waals surface area contributed by atoms with Gasteiger partial charge in [0.2, 0.25) is 0 Å². The molecular formula is C20H16N2O6S. The molecule has 0 saturated heterocycles. The highest BCUT2D eigenvalue weighted by Gasteiger charge is 2.30. The number of benzene rings is 3. The lowest BCUT2D eigenvalue weighted by molar-refractivity contribution is -0.385. The van der Waals surface area contributed by atoms with Crippen LogP contribution in [0.1, 0.15) is 0 Å². The number of aliphatic carboxylic acids is 1. The Morgan fingerprint density at radius 1 is 0.966 bits per heavy atom. The second kappa shape index (κ2) is 8.11. The molecule has 0 radical (unpaired) electrons. The first-order valence-electron chi connectivity index (χ1n) is 8.44. The Balaban J connectivity index is 2.19. The summed E-state index contributed by atoms with van der Waals surface area (Å²) in [5.74, 6) is -1.36. The smallest absolute Gasteiger partial charge is 0.324 e. The Bertz CT molecular complexity index is 1160. The predicted molar refractivity (Wildman–Crippen MR) is 107 cm³/mol. The van der Waals surface area contributed by atoms with Crippen molar-refractivity contribution in [3.8, 4) is 11.1 Å². The molecule has 0 spiro atoms. The van der Waals surface area contributed by atoms with Gasteiger partial charge in [-0.1, -0.05) is 54.6 Å². The van der Waals surface area contributed by atoms with E-state index in [1.807, 2.05) is 0 Å². The van der Waals surface area contributed by atoms with Gasteiger partial charge in [0.25, 0.3) is 15.7 Å². The number of hydrogen-bond donors (Lipinski definition) is 1. The first-order chi connectivity index (χ1) is 13.8. The van der Waals surface area contributed by atoms with Crippen molar-refractivity contribution >= 4 is 27.4 Å². The molecule has 0 fully saturated rings. The van der Waals surface area contributed by atoms with Crippen LogP contribution < -0.4 is 4.31 Å². The highest BCUT2D eigenvalue weighted by molar-refractivity contribution is 7.92. The summed E-state index contributed by atoms with van der Waals surface area (Å²) in [4.78, 5) is 21.4. The number of nitrogens with zero attached hydrogens (tertiary/aromatic N) is 2. The first-order valence-corrected chi connectivity index (χ1v) is 9.88. The van der Waals surface area contributed by atoms with Gasteiger partial charge in [0.1, 0.15) is 6.54 Å². The maximum atomic E-state index is 13.3. The number of sulfonamides is 1. The van der Waals surface area contributed by atoms with Gasteiger partial charge < -0.3 is 5.11 Å². The molecule has 0 unspecified atom stereocenters. The molecule has 0 bridgehead atoms. The molecule has 0 aliphatic rings. The summed E-state index contributed by atoms with van der Waals surface area (Å²) in [6, 6.07) is 19.9. The Morgan fingerprint density at radius 3 is 2.28 bits per heavy atom. The highest BCUT2D eigenvalue weighted by Crippen LogP contribution is 2.34. The van der Waals surface area contributed by atoms with Gasteiger partial charge in [0.15, 0.2) is 0 Å². The van der Waals surface area contributed by atoms with E-state index in [4.69, 9.17) is 0 Å². The highest BCUT2D eigenvalue weighted by atomic mass is 32.2. The molecule has 9 heteroatoms. The van der Waals surface area contributed by atoms with Gasteiger partial charge in [-0.15, -0.1) is 0 Å². The summed E-state index contributed by atoms with van der Waals surface area (Å²) in [5.41, 5.74) is 0.974. The molecular weight excluding hydrogens is 396 g/mol. The van der Waals surface area contributed by atoms with E-state index in [1.54, 1.807) is 48.5 Å². The zero-order valence-electron chi connectivity index (χ0n) is 15.0. The van der Waals surface area contributed by atoms with Crippen LogP contribution >= 0.6 is 0 Å². The molecule has 1 N–H and O–H groups in total. The third kappa shape index (κ3) is 4.25. The molecule has 148 valence electrons. The van der Waals surface area contributed by atoms with Crippen molar-refractivity contribution in [3.63, 3.8) is 0 Å². The van der Waals surface area contributed by atoms with E-state index in [0.29, 0.717) is 11.1 Å². The summed E-state index contributed by atoms with van der Waals surface area (Å²) in [6.07, 6.45) is 0. The van der Waals surface area contributed by atoms with E-state index in [9.17, 15) is 28.4 Å². The standard InChI is InChI=1S/C20H16N2O6S/c23-20(24)14-21(29(27,28)17-10-6-9-16(13-17)22(25)26)19-12-5-4-11-18(19)15-7-2-1-3-8-15/h1-13H,14H2,(H,23,24). The summed E-state index contributed by atoms with van der Waals surface area (Å²) >= 11 is 0. The van der Waals surface area contributed by atoms with Crippen LogP contribution in [-0.2, 0) is 14.8 Å². The van der Waals surface area contributed by atoms with Crippen molar-refractivity contribution in [2.45, 2.75) is 4.90 Å². The average molecular weight is 412 g/mol. The minimum absolute atomic E-state index is 0.160. The van der Waals surface area contributed by atoms with Crippen molar-refractivity contribution in [3.05, 3.63) is 89.0 Å². The number of carboxylic acids is 1. The number of nitro benzene ring substituents is 1. The number of carbonyl (C=O) groups is 1. The summed E-state index contributed by atoms with van der Waals surface area (Å²) in [7, 11) is -4.39. The summed E-state index contributed by atoms with van der Waals surface area (Å²) in [5, 5.41) is 20.4. The SMILES string of the molecule is O=C(O)CN(c1ccccc1-c1ccccc1)S(=O)(=O)c1cccc([N+](=O)[O-])c1. The maximum absolute atomic E-state index is 13.3. The van der Waals surface area contributed by atoms with Crippen LogP contribution in [0, 0.1) is 10.1 Å². The molecule has 0 saturated carbocycles. The number of non-ortho nitro benzene ring substituents is 1. The zero-order chi connectivity index (χ0) is 21.0. The summed E-state index contributed by atoms with van der Waals surface area (Å²) < 4.78 is 27.3. The molecule has 0 aromatic heterocycles. The predicted octanol–water partition coefficient (Wildman–Crippen LogP) is 3.54. The van der Waals surface area contributed by atoms with E-state index < -0.39 is 33.1 Å². The van der Waals surface area contributed by atoms with E-state index >= 15 is 0 Å². The van der Waals surface area contributed by atoms with E-state index in [0.717, 1.165) is 10.4 Å². The van der Waals surface area contributed by atoms with Crippen LogP contribution in [0.3, 0.4) is 0 Å². The van der Waals surface area contributed by atoms with Gasteiger partial charge in [-0.3, -0.25) is 19.2 Å². The molecule has 29 heavy (non-hydrogen) atoms. The fourth-order valence-corrected chi connectivity index (χ4v) is 4.33. The second-order valence-electron chi connectivity index (χ2n) is 6.04. The van der Waals surface area contributed by atoms with Crippen molar-refractivity contribution in [1.29, 1.82) is 0 Å². The molecule has 0 heterocycles. The van der Waals surface area contributed by atoms with E-state index in [1.165, 1.54) is 24.3 Å². The average Bonchev–Trinajstić information content (AvgIpc) is 2.72. The normalized spacial score (nSPS) is 11.0. The van der Waals surface area contributed by atoms with Crippen molar-refractivity contribution in [2.24, 2.45) is 0 Å². The minimum Gasteiger partial charge on any atom is -0.480 e. The molecule has 3 aromatic carbocycles. The Labute approximate surface area is 166 Å². The van der Waals surface area contributed by atoms with Crippen LogP contribution in [0.15, 0.2) is 83.8 Å². The molecule has 3 rings (SSSR count). The Morgan fingerprint density at radius 2 is 1.62 bits per heavy atom. The number of anilines is 1. The molecule has 3 aromatic rings. The van der Waals surface area contributed by atoms with Crippen LogP contribution in [0.5, 0.6) is 0 Å². The molecule has 0 amide bonds. The van der Waals surface area contributed by atoms with Crippen LogP contribution in [0.2, 0.25) is 0 Å². The zero-order valence-corrected chi connectivity index (χ0v) is 15.8. The van der Waals surface area contributed by atoms with E-state index in [-0.39, 0.29) is 10.6 Å². The molecule has 8 nitrogen and oxygen atoms in total. The van der Waals surface area contributed by atoms with Gasteiger partial charge in [-0.25, -0.2) is 8.42 Å². The third-order valence-electron chi connectivity index (χ3n) is 4.15. The van der Waals surface area contributed by atoms with Gasteiger partial charge in [0, 0.05) is 17.7 Å². The van der Waals surface area contributed by atoms with Crippen molar-refractivity contribution < 1.29 is 23.2 Å². The lowest BCUT2D eigenvalue weighted by Gasteiger charge is -2.25. The van der Waals surface area contributed by atoms with Gasteiger partial charge in [-0.05, 0) is 17.7 Å². The second-order valence-corrected chi connectivity index (χ2v) is 7.91.